The molecule has 0 aliphatic heterocycles. The van der Waals surface area contributed by atoms with Crippen LogP contribution in [0.15, 0.2) is 12.1 Å². The van der Waals surface area contributed by atoms with Crippen molar-refractivity contribution >= 4 is 40.8 Å². The van der Waals surface area contributed by atoms with Crippen LogP contribution in [0, 0.1) is 5.41 Å². The smallest absolute Gasteiger partial charge is 0.337 e. The van der Waals surface area contributed by atoms with Crippen LogP contribution >= 0.6 is 23.2 Å². The van der Waals surface area contributed by atoms with Gasteiger partial charge in [-0.3, -0.25) is 4.79 Å². The molecule has 1 amide bonds. The van der Waals surface area contributed by atoms with Crippen molar-refractivity contribution in [2.45, 2.75) is 26.8 Å². The number of nitrogens with one attached hydrogen (secondary N) is 1. The average Bonchev–Trinajstić information content (AvgIpc) is 2.29. The van der Waals surface area contributed by atoms with Gasteiger partial charge in [0.1, 0.15) is 0 Å². The Balaban J connectivity index is 3.16. The molecule has 0 fully saturated rings. The lowest BCUT2D eigenvalue weighted by Crippen LogP contribution is -2.45. The molecule has 5 nitrogen and oxygen atoms in total. The lowest BCUT2D eigenvalue weighted by atomic mass is 9.87. The van der Waals surface area contributed by atoms with Crippen LogP contribution in [-0.4, -0.2) is 23.0 Å². The summed E-state index contributed by atoms with van der Waals surface area (Å²) in [6.45, 7) is 5.41. The maximum absolute atomic E-state index is 12.1. The van der Waals surface area contributed by atoms with Gasteiger partial charge >= 0.3 is 5.97 Å². The molecule has 1 aromatic carbocycles. The summed E-state index contributed by atoms with van der Waals surface area (Å²) in [6, 6.07) is 1.76. The van der Waals surface area contributed by atoms with Gasteiger partial charge in [0.2, 0.25) is 5.91 Å². The molecule has 110 valence electrons. The van der Waals surface area contributed by atoms with E-state index in [1.54, 1.807) is 20.8 Å². The molecule has 0 heterocycles. The van der Waals surface area contributed by atoms with Crippen LogP contribution in [0.3, 0.4) is 0 Å². The molecule has 0 aromatic heterocycles. The summed E-state index contributed by atoms with van der Waals surface area (Å²) in [6.07, 6.45) is 0. The van der Waals surface area contributed by atoms with E-state index >= 15 is 0 Å². The second kappa shape index (κ2) is 5.99. The highest BCUT2D eigenvalue weighted by Crippen LogP contribution is 2.31. The zero-order valence-corrected chi connectivity index (χ0v) is 12.8. The fraction of sp³-hybridized carbons (Fsp3) is 0.385. The van der Waals surface area contributed by atoms with Crippen molar-refractivity contribution in [1.82, 2.24) is 0 Å². The van der Waals surface area contributed by atoms with E-state index in [1.165, 1.54) is 12.1 Å². The number of rotatable bonds is 3. The summed E-state index contributed by atoms with van der Waals surface area (Å²) in [7, 11) is 0. The van der Waals surface area contributed by atoms with Gasteiger partial charge in [-0.15, -0.1) is 0 Å². The van der Waals surface area contributed by atoms with Crippen LogP contribution in [0.1, 0.15) is 31.1 Å². The van der Waals surface area contributed by atoms with Crippen molar-refractivity contribution in [2.24, 2.45) is 11.1 Å². The van der Waals surface area contributed by atoms with Gasteiger partial charge in [0.05, 0.1) is 22.3 Å². The maximum atomic E-state index is 12.1. The van der Waals surface area contributed by atoms with Crippen molar-refractivity contribution in [3.8, 4) is 0 Å². The third-order valence-electron chi connectivity index (χ3n) is 2.75. The number of nitrogens with two attached hydrogens (primary N) is 1. The summed E-state index contributed by atoms with van der Waals surface area (Å²) in [4.78, 5) is 23.2. The number of hydrogen-bond donors (Lipinski definition) is 3. The van der Waals surface area contributed by atoms with Gasteiger partial charge in [0.25, 0.3) is 0 Å². The highest BCUT2D eigenvalue weighted by Gasteiger charge is 2.29. The lowest BCUT2D eigenvalue weighted by molar-refractivity contribution is -0.119. The number of carboxylic acid groups (broad SMARTS) is 1. The van der Waals surface area contributed by atoms with Crippen molar-refractivity contribution in [3.63, 3.8) is 0 Å². The fourth-order valence-corrected chi connectivity index (χ4v) is 2.00. The Morgan fingerprint density at radius 2 is 1.85 bits per heavy atom. The number of carboxylic acids is 1. The molecule has 7 heteroatoms. The summed E-state index contributed by atoms with van der Waals surface area (Å²) in [5.41, 5.74) is 5.16. The molecule has 0 bridgehead atoms. The average molecular weight is 319 g/mol. The number of anilines is 1. The van der Waals surface area contributed by atoms with Crippen molar-refractivity contribution in [3.05, 3.63) is 27.7 Å². The highest BCUT2D eigenvalue weighted by molar-refractivity contribution is 6.37. The van der Waals surface area contributed by atoms with E-state index < -0.39 is 23.3 Å². The number of benzene rings is 1. The first-order valence-electron chi connectivity index (χ1n) is 5.83. The molecule has 20 heavy (non-hydrogen) atoms. The minimum Gasteiger partial charge on any atom is -0.478 e. The monoisotopic (exact) mass is 318 g/mol. The highest BCUT2D eigenvalue weighted by atomic mass is 35.5. The van der Waals surface area contributed by atoms with E-state index in [1.807, 2.05) is 0 Å². The van der Waals surface area contributed by atoms with Crippen LogP contribution in [-0.2, 0) is 4.79 Å². The molecule has 0 aliphatic carbocycles. The zero-order valence-electron chi connectivity index (χ0n) is 11.3. The van der Waals surface area contributed by atoms with E-state index in [4.69, 9.17) is 34.0 Å². The molecule has 4 N–H and O–H groups in total. The molecule has 1 rings (SSSR count). The molecule has 1 atom stereocenters. The molecule has 0 radical (unpaired) electrons. The predicted octanol–water partition coefficient (Wildman–Crippen LogP) is 3.00. The van der Waals surface area contributed by atoms with Crippen molar-refractivity contribution in [1.29, 1.82) is 0 Å². The Hall–Kier alpha value is -1.30. The van der Waals surface area contributed by atoms with Gasteiger partial charge in [-0.2, -0.15) is 0 Å². The molecule has 0 spiro atoms. The molecule has 0 unspecified atom stereocenters. The predicted molar refractivity (Wildman–Crippen MR) is 79.5 cm³/mol. The number of hydrogen-bond acceptors (Lipinski definition) is 3. The van der Waals surface area contributed by atoms with E-state index in [0.29, 0.717) is 0 Å². The topological polar surface area (TPSA) is 92.4 Å². The van der Waals surface area contributed by atoms with Gasteiger partial charge in [-0.25, -0.2) is 4.79 Å². The van der Waals surface area contributed by atoms with Gasteiger partial charge < -0.3 is 16.2 Å². The summed E-state index contributed by atoms with van der Waals surface area (Å²) >= 11 is 11.7. The van der Waals surface area contributed by atoms with Gasteiger partial charge in [0.15, 0.2) is 0 Å². The number of aromatic carboxylic acids is 1. The van der Waals surface area contributed by atoms with Crippen LogP contribution < -0.4 is 11.1 Å². The van der Waals surface area contributed by atoms with Gasteiger partial charge in [-0.1, -0.05) is 44.0 Å². The van der Waals surface area contributed by atoms with Crippen LogP contribution in [0.5, 0.6) is 0 Å². The third-order valence-corrected chi connectivity index (χ3v) is 3.27. The van der Waals surface area contributed by atoms with Crippen LogP contribution in [0.2, 0.25) is 10.0 Å². The first kappa shape index (κ1) is 16.8. The molecule has 0 saturated carbocycles. The molecule has 0 aliphatic rings. The van der Waals surface area contributed by atoms with E-state index in [-0.39, 0.29) is 21.3 Å². The van der Waals surface area contributed by atoms with Crippen LogP contribution in [0.25, 0.3) is 0 Å². The molecule has 1 aromatic rings. The Morgan fingerprint density at radius 1 is 1.30 bits per heavy atom. The maximum Gasteiger partial charge on any atom is 0.337 e. The van der Waals surface area contributed by atoms with Gasteiger partial charge in [0, 0.05) is 5.02 Å². The first-order valence-corrected chi connectivity index (χ1v) is 6.58. The molecular formula is C13H16Cl2N2O3. The number of carbonyl (C=O) groups excluding carboxylic acids is 1. The summed E-state index contributed by atoms with van der Waals surface area (Å²) in [5, 5.41) is 11.8. The van der Waals surface area contributed by atoms with Gasteiger partial charge in [-0.05, 0) is 17.5 Å². The fourth-order valence-electron chi connectivity index (χ4n) is 1.46. The summed E-state index contributed by atoms with van der Waals surface area (Å²) in [5.74, 6) is -1.75. The quantitative estimate of drug-likeness (QED) is 0.798. The lowest BCUT2D eigenvalue weighted by Gasteiger charge is -2.26. The SMILES string of the molecule is CC(C)(C)[C@@H](N)C(=O)Nc1c(Cl)cc(Cl)cc1C(=O)O. The largest absolute Gasteiger partial charge is 0.478 e. The Kier molecular flexibility index (Phi) is 5.02. The van der Waals surface area contributed by atoms with Crippen LogP contribution in [0.4, 0.5) is 5.69 Å². The van der Waals surface area contributed by atoms with E-state index in [9.17, 15) is 9.59 Å². The number of carbonyl (C=O) groups is 2. The Bertz CT molecular complexity index is 553. The zero-order chi connectivity index (χ0) is 15.7. The molecular weight excluding hydrogens is 303 g/mol. The third kappa shape index (κ3) is 3.85. The number of amides is 1. The second-order valence-electron chi connectivity index (χ2n) is 5.45. The minimum atomic E-state index is -1.24. The Labute approximate surface area is 127 Å². The normalized spacial score (nSPS) is 12.9. The standard InChI is InChI=1S/C13H16Cl2N2O3/c1-13(2,3)10(16)11(18)17-9-7(12(19)20)4-6(14)5-8(9)15/h4-5,10H,16H2,1-3H3,(H,17,18)(H,19,20)/t10-/m0/s1. The summed E-state index contributed by atoms with van der Waals surface area (Å²) < 4.78 is 0. The second-order valence-corrected chi connectivity index (χ2v) is 6.29. The first-order chi connectivity index (χ1) is 9.04. The molecule has 0 saturated heterocycles. The van der Waals surface area contributed by atoms with E-state index in [2.05, 4.69) is 5.32 Å². The number of halogens is 2. The van der Waals surface area contributed by atoms with E-state index in [0.717, 1.165) is 0 Å². The Morgan fingerprint density at radius 3 is 2.30 bits per heavy atom. The minimum absolute atomic E-state index is 0.00623. The van der Waals surface area contributed by atoms with Crippen molar-refractivity contribution < 1.29 is 14.7 Å². The van der Waals surface area contributed by atoms with Crippen molar-refractivity contribution in [2.75, 3.05) is 5.32 Å².